The van der Waals surface area contributed by atoms with Crippen LogP contribution in [0.5, 0.6) is 0 Å². The summed E-state index contributed by atoms with van der Waals surface area (Å²) in [6, 6.07) is 9.09. The van der Waals surface area contributed by atoms with Gasteiger partial charge in [-0.05, 0) is 43.7 Å². The average molecular weight is 405 g/mol. The topological polar surface area (TPSA) is 94.6 Å². The SMILES string of the molecule is CCOC(=O)c1ccc(C(=O)NC(CC(=O)OC)c2ccc(Cl)cc2)nc1C. The number of aryl methyl sites for hydroxylation is 1. The first-order valence-corrected chi connectivity index (χ1v) is 9.01. The Kier molecular flexibility index (Phi) is 7.52. The van der Waals surface area contributed by atoms with E-state index in [0.717, 1.165) is 0 Å². The lowest BCUT2D eigenvalue weighted by Crippen LogP contribution is -2.31. The van der Waals surface area contributed by atoms with Gasteiger partial charge in [0.1, 0.15) is 5.69 Å². The predicted octanol–water partition coefficient (Wildman–Crippen LogP) is 3.25. The number of ether oxygens (including phenoxy) is 2. The van der Waals surface area contributed by atoms with Crippen molar-refractivity contribution in [2.45, 2.75) is 26.3 Å². The minimum Gasteiger partial charge on any atom is -0.469 e. The highest BCUT2D eigenvalue weighted by Gasteiger charge is 2.21. The number of carbonyl (C=O) groups excluding carboxylic acids is 3. The van der Waals surface area contributed by atoms with Crippen LogP contribution in [0, 0.1) is 6.92 Å². The summed E-state index contributed by atoms with van der Waals surface area (Å²) in [5, 5.41) is 3.31. The molecule has 2 aromatic rings. The molecule has 8 heteroatoms. The van der Waals surface area contributed by atoms with Crippen LogP contribution in [-0.4, -0.2) is 36.5 Å². The Morgan fingerprint density at radius 1 is 1.14 bits per heavy atom. The van der Waals surface area contributed by atoms with Crippen molar-refractivity contribution in [2.75, 3.05) is 13.7 Å². The number of hydrogen-bond acceptors (Lipinski definition) is 6. The van der Waals surface area contributed by atoms with Gasteiger partial charge in [-0.3, -0.25) is 9.59 Å². The standard InChI is InChI=1S/C20H21ClN2O5/c1-4-28-20(26)15-9-10-16(22-12(15)2)19(25)23-17(11-18(24)27-3)13-5-7-14(21)8-6-13/h5-10,17H,4,11H2,1-3H3,(H,23,25). The molecular weight excluding hydrogens is 384 g/mol. The van der Waals surface area contributed by atoms with Gasteiger partial charge in [0.25, 0.3) is 5.91 Å². The first-order chi connectivity index (χ1) is 13.3. The molecule has 0 aliphatic rings. The number of nitrogens with zero attached hydrogens (tertiary/aromatic N) is 1. The molecule has 0 fully saturated rings. The van der Waals surface area contributed by atoms with Crippen LogP contribution in [-0.2, 0) is 14.3 Å². The van der Waals surface area contributed by atoms with Crippen molar-refractivity contribution in [3.05, 3.63) is 63.9 Å². The number of halogens is 1. The molecule has 0 saturated heterocycles. The molecule has 1 heterocycles. The summed E-state index contributed by atoms with van der Waals surface area (Å²) in [7, 11) is 1.28. The molecule has 0 saturated carbocycles. The van der Waals surface area contributed by atoms with Crippen molar-refractivity contribution in [1.82, 2.24) is 10.3 Å². The Hall–Kier alpha value is -2.93. The first kappa shape index (κ1) is 21.4. The molecular formula is C20H21ClN2O5. The number of carbonyl (C=O) groups is 3. The van der Waals surface area contributed by atoms with E-state index in [2.05, 4.69) is 10.3 Å². The Morgan fingerprint density at radius 3 is 2.39 bits per heavy atom. The molecule has 0 radical (unpaired) electrons. The molecule has 0 aliphatic heterocycles. The van der Waals surface area contributed by atoms with Crippen molar-refractivity contribution >= 4 is 29.4 Å². The third kappa shape index (κ3) is 5.53. The fourth-order valence-corrected chi connectivity index (χ4v) is 2.67. The molecule has 0 spiro atoms. The van der Waals surface area contributed by atoms with E-state index in [1.165, 1.54) is 19.2 Å². The van der Waals surface area contributed by atoms with Gasteiger partial charge in [-0.15, -0.1) is 0 Å². The molecule has 7 nitrogen and oxygen atoms in total. The molecule has 1 atom stereocenters. The summed E-state index contributed by atoms with van der Waals surface area (Å²) in [4.78, 5) is 40.5. The Morgan fingerprint density at radius 2 is 1.82 bits per heavy atom. The molecule has 0 aliphatic carbocycles. The molecule has 1 amide bonds. The maximum absolute atomic E-state index is 12.7. The van der Waals surface area contributed by atoms with Crippen LogP contribution in [0.2, 0.25) is 5.02 Å². The lowest BCUT2D eigenvalue weighted by Gasteiger charge is -2.18. The summed E-state index contributed by atoms with van der Waals surface area (Å²) < 4.78 is 9.67. The lowest BCUT2D eigenvalue weighted by atomic mass is 10.0. The van der Waals surface area contributed by atoms with Crippen LogP contribution >= 0.6 is 11.6 Å². The van der Waals surface area contributed by atoms with Crippen LogP contribution < -0.4 is 5.32 Å². The molecule has 0 bridgehead atoms. The molecule has 2 rings (SSSR count). The second kappa shape index (κ2) is 9.85. The number of aromatic nitrogens is 1. The number of esters is 2. The van der Waals surface area contributed by atoms with E-state index in [9.17, 15) is 14.4 Å². The number of amides is 1. The van der Waals surface area contributed by atoms with E-state index in [1.54, 1.807) is 38.1 Å². The van der Waals surface area contributed by atoms with Gasteiger partial charge in [0.05, 0.1) is 37.4 Å². The lowest BCUT2D eigenvalue weighted by molar-refractivity contribution is -0.141. The predicted molar refractivity (Wildman–Crippen MR) is 103 cm³/mol. The smallest absolute Gasteiger partial charge is 0.339 e. The number of pyridine rings is 1. The van der Waals surface area contributed by atoms with Crippen LogP contribution in [0.1, 0.15) is 51.5 Å². The van der Waals surface area contributed by atoms with Gasteiger partial charge in [-0.1, -0.05) is 23.7 Å². The largest absolute Gasteiger partial charge is 0.469 e. The van der Waals surface area contributed by atoms with E-state index in [-0.39, 0.29) is 18.7 Å². The monoisotopic (exact) mass is 404 g/mol. The van der Waals surface area contributed by atoms with Crippen molar-refractivity contribution in [1.29, 1.82) is 0 Å². The molecule has 148 valence electrons. The fraction of sp³-hybridized carbons (Fsp3) is 0.300. The van der Waals surface area contributed by atoms with Gasteiger partial charge in [0.2, 0.25) is 0 Å². The molecule has 28 heavy (non-hydrogen) atoms. The van der Waals surface area contributed by atoms with Gasteiger partial charge < -0.3 is 14.8 Å². The summed E-state index contributed by atoms with van der Waals surface area (Å²) in [5.74, 6) is -1.45. The van der Waals surface area contributed by atoms with Gasteiger partial charge >= 0.3 is 11.9 Å². The molecule has 1 unspecified atom stereocenters. The summed E-state index contributed by atoms with van der Waals surface area (Å²) in [6.45, 7) is 3.58. The first-order valence-electron chi connectivity index (χ1n) is 8.63. The Labute approximate surface area is 168 Å². The van der Waals surface area contributed by atoms with Gasteiger partial charge in [0, 0.05) is 5.02 Å². The number of rotatable bonds is 7. The number of hydrogen-bond donors (Lipinski definition) is 1. The number of benzene rings is 1. The third-order valence-electron chi connectivity index (χ3n) is 3.99. The molecule has 1 aromatic carbocycles. The van der Waals surface area contributed by atoms with Crippen molar-refractivity contribution < 1.29 is 23.9 Å². The van der Waals surface area contributed by atoms with E-state index >= 15 is 0 Å². The van der Waals surface area contributed by atoms with Crippen molar-refractivity contribution in [3.8, 4) is 0 Å². The Bertz CT molecular complexity index is 867. The molecule has 1 aromatic heterocycles. The van der Waals surface area contributed by atoms with Crippen LogP contribution in [0.4, 0.5) is 0 Å². The number of methoxy groups -OCH3 is 1. The van der Waals surface area contributed by atoms with Crippen molar-refractivity contribution in [3.63, 3.8) is 0 Å². The quantitative estimate of drug-likeness (QED) is 0.712. The van der Waals surface area contributed by atoms with E-state index in [0.29, 0.717) is 21.8 Å². The summed E-state index contributed by atoms with van der Waals surface area (Å²) >= 11 is 5.90. The summed E-state index contributed by atoms with van der Waals surface area (Å²) in [5.41, 5.74) is 1.49. The van der Waals surface area contributed by atoms with Crippen LogP contribution in [0.3, 0.4) is 0 Å². The zero-order chi connectivity index (χ0) is 20.7. The number of nitrogens with one attached hydrogen (secondary N) is 1. The highest BCUT2D eigenvalue weighted by Crippen LogP contribution is 2.21. The third-order valence-corrected chi connectivity index (χ3v) is 4.24. The van der Waals surface area contributed by atoms with E-state index in [4.69, 9.17) is 21.1 Å². The fourth-order valence-electron chi connectivity index (χ4n) is 2.54. The average Bonchev–Trinajstić information content (AvgIpc) is 2.67. The maximum atomic E-state index is 12.7. The van der Waals surface area contributed by atoms with Gasteiger partial charge in [0.15, 0.2) is 0 Å². The van der Waals surface area contributed by atoms with E-state index < -0.39 is 23.9 Å². The summed E-state index contributed by atoms with van der Waals surface area (Å²) in [6.07, 6.45) is -0.0518. The minimum atomic E-state index is -0.621. The van der Waals surface area contributed by atoms with Gasteiger partial charge in [-0.2, -0.15) is 0 Å². The van der Waals surface area contributed by atoms with Gasteiger partial charge in [-0.25, -0.2) is 9.78 Å². The second-order valence-corrected chi connectivity index (χ2v) is 6.34. The highest BCUT2D eigenvalue weighted by atomic mass is 35.5. The normalized spacial score (nSPS) is 11.4. The zero-order valence-corrected chi connectivity index (χ0v) is 16.6. The highest BCUT2D eigenvalue weighted by molar-refractivity contribution is 6.30. The van der Waals surface area contributed by atoms with Crippen LogP contribution in [0.25, 0.3) is 0 Å². The maximum Gasteiger partial charge on any atom is 0.339 e. The zero-order valence-electron chi connectivity index (χ0n) is 15.8. The van der Waals surface area contributed by atoms with Crippen molar-refractivity contribution in [2.24, 2.45) is 0 Å². The van der Waals surface area contributed by atoms with Crippen LogP contribution in [0.15, 0.2) is 36.4 Å². The van der Waals surface area contributed by atoms with E-state index in [1.807, 2.05) is 0 Å². The minimum absolute atomic E-state index is 0.0518. The molecule has 1 N–H and O–H groups in total. The Balaban J connectivity index is 2.22. The second-order valence-electron chi connectivity index (χ2n) is 5.91.